The number of para-hydroxylation sites is 1. The molecule has 434 valence electrons. The molecule has 5 saturated heterocycles. The van der Waals surface area contributed by atoms with Crippen LogP contribution in [0.3, 0.4) is 0 Å². The number of nitrogen functional groups attached to an aromatic ring is 1. The first-order valence-electron chi connectivity index (χ1n) is 29.3. The summed E-state index contributed by atoms with van der Waals surface area (Å²) in [4.78, 5) is 56.4. The van der Waals surface area contributed by atoms with Gasteiger partial charge in [0.15, 0.2) is 17.4 Å². The Balaban J connectivity index is 0.553. The van der Waals surface area contributed by atoms with Crippen molar-refractivity contribution in [1.82, 2.24) is 50.3 Å². The summed E-state index contributed by atoms with van der Waals surface area (Å²) in [5, 5.41) is 37.4. The zero-order valence-electron chi connectivity index (χ0n) is 47.3. The molecule has 0 radical (unpaired) electrons. The zero-order chi connectivity index (χ0) is 56.6. The Labute approximate surface area is 482 Å². The summed E-state index contributed by atoms with van der Waals surface area (Å²) in [5.74, 6) is 1.01. The van der Waals surface area contributed by atoms with Gasteiger partial charge in [-0.3, -0.25) is 19.5 Å². The van der Waals surface area contributed by atoms with Gasteiger partial charge in [-0.05, 0) is 81.3 Å². The first-order chi connectivity index (χ1) is 39.8. The van der Waals surface area contributed by atoms with Crippen molar-refractivity contribution in [3.05, 3.63) is 95.6 Å². The molecular weight excluding hydrogens is 1060 g/mol. The molecule has 2 bridgehead atoms. The third-order valence-electron chi connectivity index (χ3n) is 17.8. The molecule has 5 aromatic heterocycles. The second kappa shape index (κ2) is 24.1. The van der Waals surface area contributed by atoms with Gasteiger partial charge in [0.1, 0.15) is 23.8 Å². The molecule has 6 fully saturated rings. The number of phenols is 1. The number of nitrogens with zero attached hydrogens (tertiary/aromatic N) is 12. The van der Waals surface area contributed by atoms with E-state index in [1.165, 1.54) is 16.2 Å². The number of aryl methyl sites for hydroxylation is 1. The number of aliphatic hydroxyl groups is 1. The lowest BCUT2D eigenvalue weighted by atomic mass is 9.91. The number of aromatic nitrogens is 6. The molecule has 2 amide bonds. The first-order valence-corrected chi connectivity index (χ1v) is 30.2. The number of carbonyl (C=O) groups excluding carboxylic acids is 2. The van der Waals surface area contributed by atoms with Crippen LogP contribution in [0.4, 0.5) is 23.0 Å². The number of aliphatic hydroxyl groups excluding tert-OH is 1. The van der Waals surface area contributed by atoms with Crippen molar-refractivity contribution >= 4 is 46.2 Å². The second-order valence-corrected chi connectivity index (χ2v) is 24.4. The molecule has 1 aromatic carbocycles. The number of aromatic hydroxyl groups is 1. The molecular formula is C60H76N14O7S. The first kappa shape index (κ1) is 55.5. The number of benzene rings is 1. The van der Waals surface area contributed by atoms with Gasteiger partial charge < -0.3 is 59.8 Å². The summed E-state index contributed by atoms with van der Waals surface area (Å²) < 4.78 is 19.0. The molecule has 5 aliphatic heterocycles. The molecule has 1 saturated carbocycles. The summed E-state index contributed by atoms with van der Waals surface area (Å²) >= 11 is 1.54. The van der Waals surface area contributed by atoms with Crippen LogP contribution in [0.1, 0.15) is 94.7 Å². The van der Waals surface area contributed by atoms with Crippen LogP contribution in [-0.4, -0.2) is 182 Å². The van der Waals surface area contributed by atoms with Crippen LogP contribution in [0.15, 0.2) is 83.1 Å². The van der Waals surface area contributed by atoms with E-state index in [1.54, 1.807) is 23.8 Å². The van der Waals surface area contributed by atoms with Crippen LogP contribution in [0, 0.1) is 12.8 Å². The number of fused-ring (bicyclic) bond motifs is 2. The van der Waals surface area contributed by atoms with E-state index in [2.05, 4.69) is 72.3 Å². The number of β-amino-alcohol motifs (C(OH)–C–C–N with tert-alkyl or cyclic N) is 1. The number of amides is 2. The van der Waals surface area contributed by atoms with E-state index in [0.717, 1.165) is 137 Å². The minimum Gasteiger partial charge on any atom is -0.507 e. The Morgan fingerprint density at radius 3 is 2.28 bits per heavy atom. The Kier molecular flexibility index (Phi) is 16.3. The minimum absolute atomic E-state index is 0.0693. The standard InChI is InChI=1S/C60H76N14O7S/c1-36(2)56(60(78)73-34-43(75)26-51(73)59(77)65-37(3)39-9-12-48(63-31-39)57-38(4)64-35-82-57)53-30-54(68-81-53)71-23-21-70(22-24-71)20-19-69-17-14-44(15-18-69)79-45-27-46(28-45)80-55-25-40(13-16-62-55)74-41-10-11-42(74)33-72(32-41)50-29-49(66-67-58(50)61)47-7-5-6-8-52(47)76/h5-9,12-13,16,25,29-31,35-37,41-46,51,56,75-76H,10-11,14-15,17-24,26-28,32-34H2,1-4H3,(H2,61,67)(H,65,77)/t37-,41?,42?,43+,45-,46-,51-,56+/m0/s1. The number of nitrogens with two attached hydrogens (primary N) is 1. The fraction of sp³-hybridized carbons (Fsp3) is 0.533. The molecule has 10 heterocycles. The Hall–Kier alpha value is -6.98. The number of piperidine rings is 1. The highest BCUT2D eigenvalue weighted by Crippen LogP contribution is 2.41. The fourth-order valence-corrected chi connectivity index (χ4v) is 13.8. The van der Waals surface area contributed by atoms with E-state index in [4.69, 9.17) is 19.7 Å². The van der Waals surface area contributed by atoms with Crippen molar-refractivity contribution in [1.29, 1.82) is 0 Å². The fourth-order valence-electron chi connectivity index (χ4n) is 13.1. The summed E-state index contributed by atoms with van der Waals surface area (Å²) in [5.41, 5.74) is 14.0. The highest BCUT2D eigenvalue weighted by Gasteiger charge is 2.45. The van der Waals surface area contributed by atoms with E-state index < -0.39 is 18.1 Å². The molecule has 82 heavy (non-hydrogen) atoms. The number of pyridine rings is 2. The normalized spacial score (nSPS) is 24.2. The van der Waals surface area contributed by atoms with Gasteiger partial charge in [-0.2, -0.15) is 0 Å². The van der Waals surface area contributed by atoms with Crippen LogP contribution >= 0.6 is 11.3 Å². The number of carbonyl (C=O) groups is 2. The van der Waals surface area contributed by atoms with Crippen molar-refractivity contribution in [2.45, 2.75) is 127 Å². The van der Waals surface area contributed by atoms with Gasteiger partial charge in [0.2, 0.25) is 17.7 Å². The Morgan fingerprint density at radius 1 is 0.817 bits per heavy atom. The molecule has 0 spiro atoms. The number of rotatable bonds is 18. The van der Waals surface area contributed by atoms with Gasteiger partial charge >= 0.3 is 0 Å². The molecule has 22 heteroatoms. The summed E-state index contributed by atoms with van der Waals surface area (Å²) in [6.07, 6.45) is 9.46. The van der Waals surface area contributed by atoms with Crippen LogP contribution in [0.25, 0.3) is 21.8 Å². The monoisotopic (exact) mass is 1140 g/mol. The predicted molar refractivity (Wildman–Crippen MR) is 313 cm³/mol. The number of thiazole rings is 1. The van der Waals surface area contributed by atoms with Crippen LogP contribution in [-0.2, 0) is 14.3 Å². The number of ether oxygens (including phenoxy) is 2. The lowest BCUT2D eigenvalue weighted by molar-refractivity contribution is -0.141. The van der Waals surface area contributed by atoms with Gasteiger partial charge in [-0.1, -0.05) is 37.2 Å². The van der Waals surface area contributed by atoms with E-state index in [0.29, 0.717) is 46.6 Å². The molecule has 1 aliphatic carbocycles. The second-order valence-electron chi connectivity index (χ2n) is 23.6. The molecule has 12 rings (SSSR count). The maximum absolute atomic E-state index is 14.4. The Bertz CT molecular complexity index is 3160. The largest absolute Gasteiger partial charge is 0.507 e. The van der Waals surface area contributed by atoms with Crippen LogP contribution < -0.4 is 30.5 Å². The van der Waals surface area contributed by atoms with Crippen molar-refractivity contribution in [3.8, 4) is 33.5 Å². The average molecular weight is 1140 g/mol. The van der Waals surface area contributed by atoms with Crippen molar-refractivity contribution < 1.29 is 33.8 Å². The van der Waals surface area contributed by atoms with Crippen molar-refractivity contribution in [3.63, 3.8) is 0 Å². The maximum atomic E-state index is 14.4. The smallest absolute Gasteiger partial charge is 0.243 e. The van der Waals surface area contributed by atoms with Crippen molar-refractivity contribution in [2.75, 3.05) is 92.4 Å². The summed E-state index contributed by atoms with van der Waals surface area (Å²) in [6, 6.07) is 18.5. The predicted octanol–water partition coefficient (Wildman–Crippen LogP) is 6.29. The topological polar surface area (TPSA) is 241 Å². The van der Waals surface area contributed by atoms with E-state index in [-0.39, 0.29) is 60.8 Å². The highest BCUT2D eigenvalue weighted by atomic mass is 32.1. The summed E-state index contributed by atoms with van der Waals surface area (Å²) in [6.45, 7) is 16.9. The van der Waals surface area contributed by atoms with Crippen molar-refractivity contribution in [2.24, 2.45) is 5.92 Å². The number of hydrogen-bond donors (Lipinski definition) is 4. The zero-order valence-corrected chi connectivity index (χ0v) is 48.1. The lowest BCUT2D eigenvalue weighted by Gasteiger charge is -2.43. The molecule has 6 aromatic rings. The third kappa shape index (κ3) is 12.0. The van der Waals surface area contributed by atoms with Crippen LogP contribution in [0.2, 0.25) is 0 Å². The molecule has 6 atom stereocenters. The molecule has 5 N–H and O–H groups in total. The van der Waals surface area contributed by atoms with E-state index >= 15 is 0 Å². The maximum Gasteiger partial charge on any atom is 0.243 e. The number of hydrogen-bond acceptors (Lipinski definition) is 20. The van der Waals surface area contributed by atoms with Gasteiger partial charge in [0.05, 0.1) is 57.5 Å². The number of anilines is 4. The molecule has 21 nitrogen and oxygen atoms in total. The van der Waals surface area contributed by atoms with Gasteiger partial charge in [-0.15, -0.1) is 21.5 Å². The third-order valence-corrected chi connectivity index (χ3v) is 18.7. The number of nitrogens with one attached hydrogen (secondary N) is 1. The number of piperazine rings is 2. The summed E-state index contributed by atoms with van der Waals surface area (Å²) in [7, 11) is 0. The SMILES string of the molecule is Cc1ncsc1-c1ccc([C@H](C)NC(=O)[C@@H]2C[C@@H](O)CN2C(=O)[C@@H](c2cc(N3CCN(CCN4CCC(O[C@H]5C[C@H](Oc6cc(N7C8CCC7CN(c7cc(-c9ccccc9O)nnc7N)C8)ccn6)C5)CC4)CC3)no2)C(C)C)cn1. The van der Waals surface area contributed by atoms with Crippen LogP contribution in [0.5, 0.6) is 11.6 Å². The molecule has 6 aliphatic rings. The van der Waals surface area contributed by atoms with Gasteiger partial charge in [0.25, 0.3) is 0 Å². The number of likely N-dealkylation sites (tertiary alicyclic amines) is 2. The quantitative estimate of drug-likeness (QED) is 0.0739. The van der Waals surface area contributed by atoms with Gasteiger partial charge in [0, 0.05) is 139 Å². The molecule has 2 unspecified atom stereocenters. The van der Waals surface area contributed by atoms with Gasteiger partial charge in [-0.25, -0.2) is 9.97 Å². The van der Waals surface area contributed by atoms with E-state index in [1.807, 2.05) is 70.3 Å². The lowest BCUT2D eigenvalue weighted by Crippen LogP contribution is -2.54. The van der Waals surface area contributed by atoms with E-state index in [9.17, 15) is 19.8 Å². The Morgan fingerprint density at radius 2 is 1.57 bits per heavy atom. The average Bonchev–Trinajstić information content (AvgIpc) is 3.82. The number of phenolic OH excluding ortho intramolecular Hbond substituents is 1. The minimum atomic E-state index is -0.824. The highest BCUT2D eigenvalue weighted by molar-refractivity contribution is 7.13.